The molecule has 86 valence electrons. The second-order valence-corrected chi connectivity index (χ2v) is 4.58. The van der Waals surface area contributed by atoms with Crippen LogP contribution in [0.25, 0.3) is 11.2 Å². The minimum absolute atomic E-state index is 0.0289. The molecule has 0 bridgehead atoms. The summed E-state index contributed by atoms with van der Waals surface area (Å²) in [5.74, 6) is 0.820. The number of nitrogens with zero attached hydrogens (tertiary/aromatic N) is 3. The number of aromatic nitrogens is 4. The van der Waals surface area contributed by atoms with E-state index in [2.05, 4.69) is 46.0 Å². The van der Waals surface area contributed by atoms with Crippen molar-refractivity contribution in [3.8, 4) is 0 Å². The van der Waals surface area contributed by atoms with Gasteiger partial charge in [-0.2, -0.15) is 0 Å². The molecule has 5 heteroatoms. The van der Waals surface area contributed by atoms with E-state index < -0.39 is 0 Å². The van der Waals surface area contributed by atoms with Gasteiger partial charge in [0.15, 0.2) is 11.5 Å². The van der Waals surface area contributed by atoms with Gasteiger partial charge in [-0.05, 0) is 20.3 Å². The highest BCUT2D eigenvalue weighted by Crippen LogP contribution is 2.21. The molecule has 5 nitrogen and oxygen atoms in total. The Morgan fingerprint density at radius 1 is 1.31 bits per heavy atom. The Kier molecular flexibility index (Phi) is 2.77. The Bertz CT molecular complexity index is 474. The van der Waals surface area contributed by atoms with Gasteiger partial charge < -0.3 is 10.3 Å². The zero-order valence-corrected chi connectivity index (χ0v) is 9.91. The first-order valence-electron chi connectivity index (χ1n) is 5.54. The number of fused-ring (bicyclic) bond motifs is 1. The van der Waals surface area contributed by atoms with Crippen molar-refractivity contribution in [2.24, 2.45) is 0 Å². The van der Waals surface area contributed by atoms with Crippen LogP contribution in [-0.2, 0) is 0 Å². The van der Waals surface area contributed by atoms with Crippen LogP contribution in [0.15, 0.2) is 12.7 Å². The standard InChI is InChI=1S/C11H17N5/c1-4-5-11(2,3)16-10-8-9(13-6-12-8)14-7-15-10/h6-7H,4-5H2,1-3H3,(H2,12,13,14,15,16). The van der Waals surface area contributed by atoms with Crippen LogP contribution < -0.4 is 5.32 Å². The van der Waals surface area contributed by atoms with Gasteiger partial charge in [0.1, 0.15) is 11.8 Å². The molecule has 0 spiro atoms. The van der Waals surface area contributed by atoms with Gasteiger partial charge in [0.25, 0.3) is 0 Å². The van der Waals surface area contributed by atoms with Crippen LogP contribution in [0.3, 0.4) is 0 Å². The lowest BCUT2D eigenvalue weighted by Gasteiger charge is -2.26. The number of H-pyrrole nitrogens is 1. The van der Waals surface area contributed by atoms with E-state index in [0.717, 1.165) is 24.2 Å². The van der Waals surface area contributed by atoms with Crippen molar-refractivity contribution >= 4 is 17.0 Å². The number of rotatable bonds is 4. The van der Waals surface area contributed by atoms with Gasteiger partial charge in [0.2, 0.25) is 0 Å². The fourth-order valence-electron chi connectivity index (χ4n) is 1.87. The van der Waals surface area contributed by atoms with Crippen molar-refractivity contribution in [2.75, 3.05) is 5.32 Å². The first-order valence-corrected chi connectivity index (χ1v) is 5.54. The van der Waals surface area contributed by atoms with E-state index in [1.165, 1.54) is 6.33 Å². The highest BCUT2D eigenvalue weighted by molar-refractivity contribution is 5.82. The van der Waals surface area contributed by atoms with Crippen molar-refractivity contribution in [3.05, 3.63) is 12.7 Å². The Morgan fingerprint density at radius 2 is 2.12 bits per heavy atom. The summed E-state index contributed by atoms with van der Waals surface area (Å²) in [7, 11) is 0. The minimum atomic E-state index is 0.0289. The van der Waals surface area contributed by atoms with E-state index in [1.807, 2.05) is 0 Å². The lowest BCUT2D eigenvalue weighted by molar-refractivity contribution is 0.509. The molecule has 0 fully saturated rings. The summed E-state index contributed by atoms with van der Waals surface area (Å²) in [6.07, 6.45) is 5.40. The Balaban J connectivity index is 2.30. The molecule has 0 amide bonds. The average molecular weight is 219 g/mol. The molecule has 0 aliphatic rings. The molecule has 2 aromatic heterocycles. The van der Waals surface area contributed by atoms with Crippen molar-refractivity contribution in [1.29, 1.82) is 0 Å². The molecule has 16 heavy (non-hydrogen) atoms. The number of aromatic amines is 1. The van der Waals surface area contributed by atoms with Gasteiger partial charge in [-0.15, -0.1) is 0 Å². The molecule has 0 atom stereocenters. The van der Waals surface area contributed by atoms with Gasteiger partial charge in [0.05, 0.1) is 6.33 Å². The molecule has 2 heterocycles. The van der Waals surface area contributed by atoms with Gasteiger partial charge >= 0.3 is 0 Å². The van der Waals surface area contributed by atoms with Gasteiger partial charge in [-0.1, -0.05) is 13.3 Å². The van der Waals surface area contributed by atoms with Crippen LogP contribution in [0, 0.1) is 0 Å². The van der Waals surface area contributed by atoms with Gasteiger partial charge in [-0.25, -0.2) is 15.0 Å². The highest BCUT2D eigenvalue weighted by atomic mass is 15.1. The Hall–Kier alpha value is -1.65. The molecule has 0 saturated carbocycles. The maximum Gasteiger partial charge on any atom is 0.182 e. The summed E-state index contributed by atoms with van der Waals surface area (Å²) in [4.78, 5) is 15.5. The first kappa shape index (κ1) is 10.9. The molecule has 2 N–H and O–H groups in total. The molecular formula is C11H17N5. The minimum Gasteiger partial charge on any atom is -0.363 e. The Morgan fingerprint density at radius 3 is 2.88 bits per heavy atom. The summed E-state index contributed by atoms with van der Waals surface area (Å²) in [5.41, 5.74) is 1.60. The zero-order valence-electron chi connectivity index (χ0n) is 9.91. The van der Waals surface area contributed by atoms with E-state index in [-0.39, 0.29) is 5.54 Å². The fourth-order valence-corrected chi connectivity index (χ4v) is 1.87. The summed E-state index contributed by atoms with van der Waals surface area (Å²) in [5, 5.41) is 3.43. The molecule has 0 aromatic carbocycles. The third kappa shape index (κ3) is 2.13. The lowest BCUT2D eigenvalue weighted by atomic mass is 9.99. The van der Waals surface area contributed by atoms with Crippen molar-refractivity contribution in [3.63, 3.8) is 0 Å². The van der Waals surface area contributed by atoms with Crippen molar-refractivity contribution < 1.29 is 0 Å². The number of nitrogens with one attached hydrogen (secondary N) is 2. The highest BCUT2D eigenvalue weighted by Gasteiger charge is 2.18. The monoisotopic (exact) mass is 219 g/mol. The van der Waals surface area contributed by atoms with E-state index in [9.17, 15) is 0 Å². The summed E-state index contributed by atoms with van der Waals surface area (Å²) < 4.78 is 0. The molecule has 0 aliphatic heterocycles. The summed E-state index contributed by atoms with van der Waals surface area (Å²) in [6, 6.07) is 0. The van der Waals surface area contributed by atoms with Crippen LogP contribution in [-0.4, -0.2) is 25.5 Å². The summed E-state index contributed by atoms with van der Waals surface area (Å²) >= 11 is 0. The molecule has 0 unspecified atom stereocenters. The maximum atomic E-state index is 4.25. The van der Waals surface area contributed by atoms with E-state index in [0.29, 0.717) is 5.65 Å². The number of hydrogen-bond acceptors (Lipinski definition) is 4. The molecule has 0 radical (unpaired) electrons. The van der Waals surface area contributed by atoms with Crippen molar-refractivity contribution in [1.82, 2.24) is 19.9 Å². The van der Waals surface area contributed by atoms with Gasteiger partial charge in [-0.3, -0.25) is 0 Å². The average Bonchev–Trinajstić information content (AvgIpc) is 2.65. The SMILES string of the molecule is CCCC(C)(C)Nc1ncnc2nc[nH]c12. The fraction of sp³-hybridized carbons (Fsp3) is 0.545. The predicted molar refractivity (Wildman–Crippen MR) is 64.3 cm³/mol. The van der Waals surface area contributed by atoms with Crippen LogP contribution in [0.4, 0.5) is 5.82 Å². The van der Waals surface area contributed by atoms with Crippen molar-refractivity contribution in [2.45, 2.75) is 39.2 Å². The second-order valence-electron chi connectivity index (χ2n) is 4.58. The number of hydrogen-bond donors (Lipinski definition) is 2. The third-order valence-corrected chi connectivity index (χ3v) is 2.55. The van der Waals surface area contributed by atoms with Gasteiger partial charge in [0, 0.05) is 5.54 Å². The van der Waals surface area contributed by atoms with E-state index in [1.54, 1.807) is 6.33 Å². The summed E-state index contributed by atoms with van der Waals surface area (Å²) in [6.45, 7) is 6.51. The van der Waals surface area contributed by atoms with Crippen LogP contribution >= 0.6 is 0 Å². The van der Waals surface area contributed by atoms with Crippen LogP contribution in [0.1, 0.15) is 33.6 Å². The van der Waals surface area contributed by atoms with Crippen LogP contribution in [0.2, 0.25) is 0 Å². The van der Waals surface area contributed by atoms with E-state index in [4.69, 9.17) is 0 Å². The number of anilines is 1. The Labute approximate surface area is 94.7 Å². The quantitative estimate of drug-likeness (QED) is 0.828. The second kappa shape index (κ2) is 4.08. The molecule has 0 saturated heterocycles. The largest absolute Gasteiger partial charge is 0.363 e. The normalized spacial score (nSPS) is 11.9. The molecule has 0 aliphatic carbocycles. The molecule has 2 rings (SSSR count). The number of imidazole rings is 1. The zero-order chi connectivity index (χ0) is 11.6. The lowest BCUT2D eigenvalue weighted by Crippen LogP contribution is -2.31. The maximum absolute atomic E-state index is 4.25. The smallest absolute Gasteiger partial charge is 0.182 e. The topological polar surface area (TPSA) is 66.5 Å². The van der Waals surface area contributed by atoms with E-state index >= 15 is 0 Å². The molecule has 2 aromatic rings. The first-order chi connectivity index (χ1) is 7.62. The van der Waals surface area contributed by atoms with Crippen LogP contribution in [0.5, 0.6) is 0 Å². The third-order valence-electron chi connectivity index (χ3n) is 2.55. The predicted octanol–water partition coefficient (Wildman–Crippen LogP) is 2.34. The molecular weight excluding hydrogens is 202 g/mol.